The molecule has 3 aromatic heterocycles. The fourth-order valence-electron chi connectivity index (χ4n) is 3.70. The normalized spacial score (nSPS) is 24.0. The molecule has 0 aliphatic carbocycles. The third kappa shape index (κ3) is 3.18. The van der Waals surface area contributed by atoms with Gasteiger partial charge in [-0.05, 0) is 6.07 Å². The average molecular weight is 424 g/mol. The smallest absolute Gasteiger partial charge is 0.228 e. The molecule has 7 N–H and O–H groups in total. The van der Waals surface area contributed by atoms with E-state index in [0.717, 1.165) is 16.5 Å². The lowest BCUT2D eigenvalue weighted by Gasteiger charge is -2.18. The zero-order chi connectivity index (χ0) is 21.5. The molecule has 4 aromatic rings. The highest BCUT2D eigenvalue weighted by Crippen LogP contribution is 2.35. The molecule has 12 nitrogen and oxygen atoms in total. The van der Waals surface area contributed by atoms with Crippen LogP contribution in [-0.2, 0) is 4.74 Å². The first-order chi connectivity index (χ1) is 15.1. The Morgan fingerprint density at radius 2 is 2.10 bits per heavy atom. The Morgan fingerprint density at radius 3 is 2.90 bits per heavy atom. The molecule has 1 aliphatic heterocycles. The predicted molar refractivity (Wildman–Crippen MR) is 112 cm³/mol. The van der Waals surface area contributed by atoms with Gasteiger partial charge in [0.25, 0.3) is 0 Å². The molecule has 0 spiro atoms. The summed E-state index contributed by atoms with van der Waals surface area (Å²) in [5, 5.41) is 35.3. The molecule has 1 aliphatic rings. The van der Waals surface area contributed by atoms with E-state index in [4.69, 9.17) is 10.5 Å². The second-order valence-corrected chi connectivity index (χ2v) is 7.12. The Kier molecular flexibility index (Phi) is 4.75. The number of H-pyrrole nitrogens is 1. The van der Waals surface area contributed by atoms with Gasteiger partial charge in [0.05, 0.1) is 12.8 Å². The molecule has 31 heavy (non-hydrogen) atoms. The average Bonchev–Trinajstić information content (AvgIpc) is 3.44. The Balaban J connectivity index is 1.52. The molecule has 160 valence electrons. The maximum absolute atomic E-state index is 10.5. The van der Waals surface area contributed by atoms with E-state index < -0.39 is 31.1 Å². The van der Waals surface area contributed by atoms with Crippen LogP contribution in [0.1, 0.15) is 11.8 Å². The van der Waals surface area contributed by atoms with Gasteiger partial charge in [-0.1, -0.05) is 18.2 Å². The number of fused-ring (bicyclic) bond motifs is 2. The number of nitrogens with one attached hydrogen (secondary N) is 2. The maximum atomic E-state index is 10.5. The summed E-state index contributed by atoms with van der Waals surface area (Å²) in [6, 6.07) is 7.80. The van der Waals surface area contributed by atoms with E-state index in [0.29, 0.717) is 0 Å². The summed E-state index contributed by atoms with van der Waals surface area (Å²) in [4.78, 5) is 15.7. The van der Waals surface area contributed by atoms with Gasteiger partial charge >= 0.3 is 0 Å². The van der Waals surface area contributed by atoms with Crippen molar-refractivity contribution in [2.24, 2.45) is 5.10 Å². The third-order valence-corrected chi connectivity index (χ3v) is 5.27. The molecule has 5 rings (SSSR count). The highest BCUT2D eigenvalue weighted by Gasteiger charge is 2.45. The Labute approximate surface area is 175 Å². The first-order valence-electron chi connectivity index (χ1n) is 9.54. The second-order valence-electron chi connectivity index (χ2n) is 7.12. The molecule has 12 heteroatoms. The van der Waals surface area contributed by atoms with Gasteiger partial charge in [0.1, 0.15) is 24.6 Å². The van der Waals surface area contributed by atoms with Crippen LogP contribution >= 0.6 is 0 Å². The Morgan fingerprint density at radius 1 is 1.26 bits per heavy atom. The number of aliphatic hydroxyl groups excluding tert-OH is 3. The van der Waals surface area contributed by atoms with E-state index >= 15 is 0 Å². The van der Waals surface area contributed by atoms with E-state index in [1.807, 2.05) is 30.5 Å². The molecule has 0 unspecified atom stereocenters. The largest absolute Gasteiger partial charge is 0.394 e. The molecule has 1 fully saturated rings. The van der Waals surface area contributed by atoms with Gasteiger partial charge in [-0.25, -0.2) is 20.4 Å². The maximum Gasteiger partial charge on any atom is 0.228 e. The fraction of sp³-hybridized carbons (Fsp3) is 0.263. The van der Waals surface area contributed by atoms with Crippen molar-refractivity contribution in [1.82, 2.24) is 24.5 Å². The minimum absolute atomic E-state index is 0.138. The molecule has 0 amide bonds. The molecule has 0 saturated carbocycles. The third-order valence-electron chi connectivity index (χ3n) is 5.27. The predicted octanol–water partition coefficient (Wildman–Crippen LogP) is -0.0527. The van der Waals surface area contributed by atoms with Gasteiger partial charge in [-0.3, -0.25) is 4.57 Å². The van der Waals surface area contributed by atoms with Crippen LogP contribution in [0.5, 0.6) is 0 Å². The number of rotatable bonds is 5. The van der Waals surface area contributed by atoms with Crippen molar-refractivity contribution in [3.8, 4) is 0 Å². The van der Waals surface area contributed by atoms with Crippen LogP contribution in [0.15, 0.2) is 41.9 Å². The van der Waals surface area contributed by atoms with E-state index in [-0.39, 0.29) is 22.9 Å². The Bertz CT molecular complexity index is 1270. The Hall–Kier alpha value is -3.58. The summed E-state index contributed by atoms with van der Waals surface area (Å²) in [6.07, 6.45) is 0.0637. The van der Waals surface area contributed by atoms with Crippen molar-refractivity contribution < 1.29 is 20.1 Å². The first kappa shape index (κ1) is 19.4. The van der Waals surface area contributed by atoms with Crippen LogP contribution in [0.2, 0.25) is 0 Å². The van der Waals surface area contributed by atoms with E-state index in [2.05, 4.69) is 30.5 Å². The number of para-hydroxylation sites is 1. The number of ether oxygens (including phenoxy) is 1. The standard InChI is InChI=1S/C19H20N8O4/c20-16-13-17(23-8-22-16)27(18-15(30)14(29)12(7-28)31-18)19(25-13)26-24-6-9-5-21-11-4-2-1-3-10(9)11/h1-6,8,12,14-15,18,21,28-30H,7H2,(H,25,26)(H2,20,22,23)/b24-6-/t12-,14-,15-,18-/m1/s1. The number of aromatic nitrogens is 5. The number of anilines is 2. The number of benzene rings is 1. The van der Waals surface area contributed by atoms with E-state index in [1.165, 1.54) is 10.9 Å². The molecule has 0 bridgehead atoms. The van der Waals surface area contributed by atoms with Crippen molar-refractivity contribution in [3.63, 3.8) is 0 Å². The first-order valence-corrected chi connectivity index (χ1v) is 9.54. The number of hydrazone groups is 1. The topological polar surface area (TPSA) is 180 Å². The molecular weight excluding hydrogens is 404 g/mol. The lowest BCUT2D eigenvalue weighted by Crippen LogP contribution is -2.33. The highest BCUT2D eigenvalue weighted by molar-refractivity contribution is 5.99. The van der Waals surface area contributed by atoms with Crippen LogP contribution in [0.25, 0.3) is 22.1 Å². The second kappa shape index (κ2) is 7.59. The number of nitrogen functional groups attached to an aromatic ring is 1. The van der Waals surface area contributed by atoms with Crippen molar-refractivity contribution in [2.45, 2.75) is 24.5 Å². The summed E-state index contributed by atoms with van der Waals surface area (Å²) in [7, 11) is 0. The molecule has 4 heterocycles. The van der Waals surface area contributed by atoms with Gasteiger partial charge < -0.3 is 30.8 Å². The number of nitrogens with two attached hydrogens (primary N) is 1. The SMILES string of the molecule is Nc1ncnc2c1nc(N/N=C\c1c[nH]c3ccccc13)n2[C@@H]1O[C@H](CO)[C@@H](O)[C@H]1O. The van der Waals surface area contributed by atoms with Gasteiger partial charge in [-0.15, -0.1) is 0 Å². The number of imidazole rings is 1. The van der Waals surface area contributed by atoms with Crippen LogP contribution in [0, 0.1) is 0 Å². The molecule has 1 aromatic carbocycles. The lowest BCUT2D eigenvalue weighted by atomic mass is 10.1. The fourth-order valence-corrected chi connectivity index (χ4v) is 3.70. The quantitative estimate of drug-likeness (QED) is 0.189. The van der Waals surface area contributed by atoms with Crippen molar-refractivity contribution in [2.75, 3.05) is 17.8 Å². The monoisotopic (exact) mass is 424 g/mol. The van der Waals surface area contributed by atoms with E-state index in [9.17, 15) is 15.3 Å². The number of hydrogen-bond acceptors (Lipinski definition) is 10. The van der Waals surface area contributed by atoms with Crippen LogP contribution in [0.4, 0.5) is 11.8 Å². The summed E-state index contributed by atoms with van der Waals surface area (Å²) in [5.74, 6) is 0.312. The summed E-state index contributed by atoms with van der Waals surface area (Å²) >= 11 is 0. The number of nitrogens with zero attached hydrogens (tertiary/aromatic N) is 5. The number of hydrogen-bond donors (Lipinski definition) is 6. The highest BCUT2D eigenvalue weighted by atomic mass is 16.6. The minimum atomic E-state index is -1.33. The summed E-state index contributed by atoms with van der Waals surface area (Å²) < 4.78 is 7.09. The lowest BCUT2D eigenvalue weighted by molar-refractivity contribution is -0.0501. The van der Waals surface area contributed by atoms with Crippen LogP contribution < -0.4 is 11.2 Å². The van der Waals surface area contributed by atoms with Crippen molar-refractivity contribution in [3.05, 3.63) is 42.4 Å². The van der Waals surface area contributed by atoms with Crippen LogP contribution in [-0.4, -0.2) is 71.0 Å². The molecule has 4 atom stereocenters. The number of aromatic amines is 1. The summed E-state index contributed by atoms with van der Waals surface area (Å²) in [5.41, 5.74) is 11.2. The zero-order valence-electron chi connectivity index (χ0n) is 16.1. The zero-order valence-corrected chi connectivity index (χ0v) is 16.1. The van der Waals surface area contributed by atoms with Gasteiger partial charge in [0, 0.05) is 22.7 Å². The number of aliphatic hydroxyl groups is 3. The van der Waals surface area contributed by atoms with Crippen LogP contribution in [0.3, 0.4) is 0 Å². The molecule has 0 radical (unpaired) electrons. The van der Waals surface area contributed by atoms with Crippen molar-refractivity contribution in [1.29, 1.82) is 0 Å². The van der Waals surface area contributed by atoms with Gasteiger partial charge in [0.2, 0.25) is 5.95 Å². The van der Waals surface area contributed by atoms with Crippen molar-refractivity contribution >= 4 is 40.0 Å². The summed E-state index contributed by atoms with van der Waals surface area (Å²) in [6.45, 7) is -0.458. The van der Waals surface area contributed by atoms with Gasteiger partial charge in [0.15, 0.2) is 23.2 Å². The van der Waals surface area contributed by atoms with Gasteiger partial charge in [-0.2, -0.15) is 5.10 Å². The minimum Gasteiger partial charge on any atom is -0.394 e. The molecular formula is C19H20N8O4. The molecule has 1 saturated heterocycles. The van der Waals surface area contributed by atoms with E-state index in [1.54, 1.807) is 6.21 Å².